The van der Waals surface area contributed by atoms with E-state index in [1.807, 2.05) is 12.1 Å². The molecule has 1 nitrogen and oxygen atoms in total. The van der Waals surface area contributed by atoms with Crippen molar-refractivity contribution in [2.24, 2.45) is 5.92 Å². The highest BCUT2D eigenvalue weighted by Gasteiger charge is 2.14. The molecular formula is C13H16BrCl2N. The number of hydrogen-bond acceptors (Lipinski definition) is 1. The molecule has 0 saturated heterocycles. The third-order valence-electron chi connectivity index (χ3n) is 3.34. The van der Waals surface area contributed by atoms with Crippen LogP contribution in [0.25, 0.3) is 0 Å². The second kappa shape index (κ2) is 6.31. The Morgan fingerprint density at radius 3 is 2.53 bits per heavy atom. The van der Waals surface area contributed by atoms with Crippen molar-refractivity contribution in [3.8, 4) is 0 Å². The van der Waals surface area contributed by atoms with Crippen molar-refractivity contribution in [1.29, 1.82) is 0 Å². The molecule has 1 aromatic rings. The zero-order valence-electron chi connectivity index (χ0n) is 9.61. The lowest BCUT2D eigenvalue weighted by molar-refractivity contribution is 0.373. The van der Waals surface area contributed by atoms with Gasteiger partial charge in [-0.05, 0) is 46.8 Å². The first-order valence-electron chi connectivity index (χ1n) is 6.06. The molecule has 94 valence electrons. The quantitative estimate of drug-likeness (QED) is 0.693. The highest BCUT2D eigenvalue weighted by atomic mass is 79.9. The summed E-state index contributed by atoms with van der Waals surface area (Å²) in [6.45, 7) is 0.998. The Hall–Kier alpha value is 0.0800. The molecule has 4 heteroatoms. The van der Waals surface area contributed by atoms with Crippen molar-refractivity contribution in [3.63, 3.8) is 0 Å². The maximum atomic E-state index is 6.19. The van der Waals surface area contributed by atoms with Gasteiger partial charge in [0.05, 0.1) is 15.7 Å². The second-order valence-electron chi connectivity index (χ2n) is 4.61. The van der Waals surface area contributed by atoms with Crippen LogP contribution < -0.4 is 5.32 Å². The van der Waals surface area contributed by atoms with Gasteiger partial charge in [-0.25, -0.2) is 0 Å². The molecule has 0 heterocycles. The van der Waals surface area contributed by atoms with Gasteiger partial charge in [-0.15, -0.1) is 0 Å². The summed E-state index contributed by atoms with van der Waals surface area (Å²) in [5, 5.41) is 4.61. The van der Waals surface area contributed by atoms with Crippen LogP contribution in [-0.4, -0.2) is 6.54 Å². The maximum absolute atomic E-state index is 6.19. The molecule has 17 heavy (non-hydrogen) atoms. The summed E-state index contributed by atoms with van der Waals surface area (Å²) in [6, 6.07) is 3.90. The van der Waals surface area contributed by atoms with Crippen molar-refractivity contribution in [2.75, 3.05) is 11.9 Å². The van der Waals surface area contributed by atoms with E-state index < -0.39 is 0 Å². The van der Waals surface area contributed by atoms with Gasteiger partial charge in [0.15, 0.2) is 0 Å². The predicted molar refractivity (Wildman–Crippen MR) is 79.2 cm³/mol. The van der Waals surface area contributed by atoms with Gasteiger partial charge in [0.1, 0.15) is 0 Å². The van der Waals surface area contributed by atoms with Crippen LogP contribution in [0.2, 0.25) is 10.0 Å². The van der Waals surface area contributed by atoms with E-state index in [2.05, 4.69) is 21.2 Å². The first-order valence-corrected chi connectivity index (χ1v) is 7.60. The Morgan fingerprint density at radius 1 is 1.12 bits per heavy atom. The molecule has 0 spiro atoms. The minimum Gasteiger partial charge on any atom is -0.384 e. The monoisotopic (exact) mass is 335 g/mol. The Bertz CT molecular complexity index is 389. The number of benzene rings is 1. The minimum absolute atomic E-state index is 0.584. The molecule has 0 unspecified atom stereocenters. The SMILES string of the molecule is Clc1c(Br)ccc(NCC2CCCCC2)c1Cl. The fraction of sp³-hybridized carbons (Fsp3) is 0.538. The molecule has 1 fully saturated rings. The van der Waals surface area contributed by atoms with E-state index in [9.17, 15) is 0 Å². The maximum Gasteiger partial charge on any atom is 0.0835 e. The first-order chi connectivity index (χ1) is 8.18. The molecule has 0 atom stereocenters. The molecule has 0 bridgehead atoms. The van der Waals surface area contributed by atoms with Crippen molar-refractivity contribution >= 4 is 44.8 Å². The molecule has 1 N–H and O–H groups in total. The molecule has 1 aliphatic carbocycles. The summed E-state index contributed by atoms with van der Waals surface area (Å²) >= 11 is 15.6. The van der Waals surface area contributed by atoms with E-state index in [1.165, 1.54) is 32.1 Å². The number of hydrogen-bond donors (Lipinski definition) is 1. The van der Waals surface area contributed by atoms with Crippen LogP contribution in [0.5, 0.6) is 0 Å². The van der Waals surface area contributed by atoms with Gasteiger partial charge < -0.3 is 5.32 Å². The topological polar surface area (TPSA) is 12.0 Å². The molecule has 1 saturated carbocycles. The van der Waals surface area contributed by atoms with E-state index in [0.29, 0.717) is 10.0 Å². The summed E-state index contributed by atoms with van der Waals surface area (Å²) < 4.78 is 0.840. The highest BCUT2D eigenvalue weighted by molar-refractivity contribution is 9.10. The lowest BCUT2D eigenvalue weighted by Gasteiger charge is -2.22. The lowest BCUT2D eigenvalue weighted by Crippen LogP contribution is -2.17. The van der Waals surface area contributed by atoms with Crippen molar-refractivity contribution in [1.82, 2.24) is 0 Å². The van der Waals surface area contributed by atoms with Crippen LogP contribution in [-0.2, 0) is 0 Å². The van der Waals surface area contributed by atoms with Crippen LogP contribution in [0.15, 0.2) is 16.6 Å². The van der Waals surface area contributed by atoms with Crippen LogP contribution in [0.1, 0.15) is 32.1 Å². The number of anilines is 1. The van der Waals surface area contributed by atoms with Gasteiger partial charge in [0.2, 0.25) is 0 Å². The van der Waals surface area contributed by atoms with Crippen molar-refractivity contribution < 1.29 is 0 Å². The van der Waals surface area contributed by atoms with E-state index in [1.54, 1.807) is 0 Å². The van der Waals surface area contributed by atoms with Crippen LogP contribution in [0.3, 0.4) is 0 Å². The largest absolute Gasteiger partial charge is 0.384 e. The van der Waals surface area contributed by atoms with E-state index in [4.69, 9.17) is 23.2 Å². The summed E-state index contributed by atoms with van der Waals surface area (Å²) in [5.41, 5.74) is 0.936. The summed E-state index contributed by atoms with van der Waals surface area (Å²) in [6.07, 6.45) is 6.77. The van der Waals surface area contributed by atoms with Crippen LogP contribution >= 0.6 is 39.1 Å². The van der Waals surface area contributed by atoms with Crippen molar-refractivity contribution in [2.45, 2.75) is 32.1 Å². The third kappa shape index (κ3) is 3.52. The fourth-order valence-electron chi connectivity index (χ4n) is 2.31. The second-order valence-corrected chi connectivity index (χ2v) is 6.22. The smallest absolute Gasteiger partial charge is 0.0835 e. The molecule has 0 aliphatic heterocycles. The van der Waals surface area contributed by atoms with Gasteiger partial charge in [-0.2, -0.15) is 0 Å². The standard InChI is InChI=1S/C13H16BrCl2N/c14-10-6-7-11(13(16)12(10)15)17-8-9-4-2-1-3-5-9/h6-7,9,17H,1-5,8H2. The molecule has 2 rings (SSSR count). The molecule has 1 aromatic carbocycles. The number of halogens is 3. The van der Waals surface area contributed by atoms with Crippen molar-refractivity contribution in [3.05, 3.63) is 26.7 Å². The zero-order chi connectivity index (χ0) is 12.3. The van der Waals surface area contributed by atoms with E-state index in [0.717, 1.165) is 22.6 Å². The average Bonchev–Trinajstić information content (AvgIpc) is 2.36. The Labute approximate surface area is 121 Å². The summed E-state index contributed by atoms with van der Waals surface area (Å²) in [4.78, 5) is 0. The normalized spacial score (nSPS) is 17.1. The van der Waals surface area contributed by atoms with E-state index >= 15 is 0 Å². The molecule has 0 radical (unpaired) electrons. The van der Waals surface area contributed by atoms with Gasteiger partial charge >= 0.3 is 0 Å². The highest BCUT2D eigenvalue weighted by Crippen LogP contribution is 2.36. The van der Waals surface area contributed by atoms with Crippen LogP contribution in [0, 0.1) is 5.92 Å². The Balaban J connectivity index is 1.96. The van der Waals surface area contributed by atoms with Gasteiger partial charge in [-0.3, -0.25) is 0 Å². The first kappa shape index (κ1) is 13.5. The fourth-order valence-corrected chi connectivity index (χ4v) is 3.15. The Kier molecular flexibility index (Phi) is 5.01. The third-order valence-corrected chi connectivity index (χ3v) is 5.11. The van der Waals surface area contributed by atoms with Gasteiger partial charge in [0.25, 0.3) is 0 Å². The van der Waals surface area contributed by atoms with E-state index in [-0.39, 0.29) is 0 Å². The molecular weight excluding hydrogens is 321 g/mol. The summed E-state index contributed by atoms with van der Waals surface area (Å²) in [5.74, 6) is 0.780. The number of nitrogens with one attached hydrogen (secondary N) is 1. The van der Waals surface area contributed by atoms with Gasteiger partial charge in [0, 0.05) is 11.0 Å². The molecule has 0 amide bonds. The number of rotatable bonds is 3. The lowest BCUT2D eigenvalue weighted by atomic mass is 9.89. The zero-order valence-corrected chi connectivity index (χ0v) is 12.7. The summed E-state index contributed by atoms with van der Waals surface area (Å²) in [7, 11) is 0. The van der Waals surface area contributed by atoms with Gasteiger partial charge in [-0.1, -0.05) is 42.5 Å². The average molecular weight is 337 g/mol. The van der Waals surface area contributed by atoms with Crippen LogP contribution in [0.4, 0.5) is 5.69 Å². The predicted octanol–water partition coefficient (Wildman–Crippen LogP) is 5.75. The molecule has 1 aliphatic rings. The minimum atomic E-state index is 0.584. The Morgan fingerprint density at radius 2 is 1.82 bits per heavy atom. The molecule has 0 aromatic heterocycles.